The zero-order valence-corrected chi connectivity index (χ0v) is 11.8. The summed E-state index contributed by atoms with van der Waals surface area (Å²) in [5, 5.41) is 2.79. The maximum atomic E-state index is 12.2. The molecule has 1 aliphatic carbocycles. The molecule has 0 heterocycles. The molecule has 1 aliphatic rings. The van der Waals surface area contributed by atoms with E-state index in [1.54, 1.807) is 0 Å². The molecule has 0 saturated heterocycles. The molecule has 1 fully saturated rings. The molecule has 0 radical (unpaired) electrons. The van der Waals surface area contributed by atoms with Gasteiger partial charge in [-0.15, -0.1) is 0 Å². The third kappa shape index (κ3) is 2.90. The largest absolute Gasteiger partial charge is 0.339 e. The first kappa shape index (κ1) is 14.7. The lowest BCUT2D eigenvalue weighted by atomic mass is 9.81. The van der Waals surface area contributed by atoms with Crippen LogP contribution in [0.5, 0.6) is 0 Å². The molecular formula is C14H22N2O2. The minimum absolute atomic E-state index is 0.0247. The van der Waals surface area contributed by atoms with E-state index in [2.05, 4.69) is 10.2 Å². The van der Waals surface area contributed by atoms with Gasteiger partial charge >= 0.3 is 11.4 Å². The molecule has 4 heteroatoms. The van der Waals surface area contributed by atoms with Gasteiger partial charge in [-0.25, -0.2) is 6.57 Å². The Kier molecular flexibility index (Phi) is 3.85. The van der Waals surface area contributed by atoms with E-state index in [1.165, 1.54) is 0 Å². The fraction of sp³-hybridized carbons (Fsp3) is 0.786. The zero-order chi connectivity index (χ0) is 14.1. The smallest absolute Gasteiger partial charge is 0.309 e. The van der Waals surface area contributed by atoms with Gasteiger partial charge in [-0.1, -0.05) is 34.6 Å². The summed E-state index contributed by atoms with van der Waals surface area (Å²) in [6, 6.07) is -0.524. The summed E-state index contributed by atoms with van der Waals surface area (Å²) in [6.45, 7) is 16.5. The lowest BCUT2D eigenvalue weighted by Crippen LogP contribution is -2.53. The van der Waals surface area contributed by atoms with E-state index in [9.17, 15) is 9.59 Å². The Hall–Kier alpha value is -1.37. The molecule has 0 aromatic rings. The number of rotatable bonds is 4. The van der Waals surface area contributed by atoms with Crippen molar-refractivity contribution in [3.05, 3.63) is 11.4 Å². The Labute approximate surface area is 109 Å². The third-order valence-electron chi connectivity index (χ3n) is 3.36. The highest BCUT2D eigenvalue weighted by molar-refractivity contribution is 5.96. The van der Waals surface area contributed by atoms with E-state index in [-0.39, 0.29) is 23.0 Å². The normalized spacial score (nSPS) is 18.9. The minimum atomic E-state index is -0.888. The van der Waals surface area contributed by atoms with Crippen LogP contribution in [0.25, 0.3) is 4.85 Å². The van der Waals surface area contributed by atoms with E-state index < -0.39 is 11.6 Å². The number of nitrogens with zero attached hydrogens (tertiary/aromatic N) is 1. The topological polar surface area (TPSA) is 50.5 Å². The molecule has 1 amide bonds. The Bertz CT molecular complexity index is 395. The van der Waals surface area contributed by atoms with Crippen LogP contribution in [0.15, 0.2) is 0 Å². The number of carbonyl (C=O) groups is 2. The number of nitrogens with one attached hydrogen (secondary N) is 1. The Morgan fingerprint density at radius 1 is 1.28 bits per heavy atom. The van der Waals surface area contributed by atoms with Crippen molar-refractivity contribution in [3.63, 3.8) is 0 Å². The van der Waals surface area contributed by atoms with Crippen LogP contribution in [-0.4, -0.2) is 23.3 Å². The second kappa shape index (κ2) is 4.72. The van der Waals surface area contributed by atoms with Gasteiger partial charge in [-0.05, 0) is 5.41 Å². The summed E-state index contributed by atoms with van der Waals surface area (Å²) in [4.78, 5) is 27.6. The number of hydrogen-bond donors (Lipinski definition) is 1. The predicted molar refractivity (Wildman–Crippen MR) is 69.8 cm³/mol. The average molecular weight is 250 g/mol. The number of ketones is 1. The van der Waals surface area contributed by atoms with Crippen LogP contribution in [0.1, 0.15) is 47.5 Å². The van der Waals surface area contributed by atoms with Crippen LogP contribution in [-0.2, 0) is 9.59 Å². The number of carbonyl (C=O) groups excluding carboxylic acids is 2. The molecule has 100 valence electrons. The van der Waals surface area contributed by atoms with Crippen LogP contribution in [0.3, 0.4) is 0 Å². The SMILES string of the molecule is [C-]#[N+]C1(C(=O)N[C@H](C(=O)C(C)C)C(C)(C)C)CC1. The van der Waals surface area contributed by atoms with Crippen molar-refractivity contribution in [2.75, 3.05) is 0 Å². The highest BCUT2D eigenvalue weighted by Crippen LogP contribution is 2.40. The monoisotopic (exact) mass is 250 g/mol. The second-order valence-corrected chi connectivity index (χ2v) is 6.47. The van der Waals surface area contributed by atoms with Crippen LogP contribution in [0, 0.1) is 17.9 Å². The number of hydrogen-bond acceptors (Lipinski definition) is 2. The molecular weight excluding hydrogens is 228 g/mol. The Morgan fingerprint density at radius 2 is 1.78 bits per heavy atom. The van der Waals surface area contributed by atoms with Crippen molar-refractivity contribution in [2.45, 2.75) is 59.0 Å². The quantitative estimate of drug-likeness (QED) is 0.778. The van der Waals surface area contributed by atoms with Crippen LogP contribution in [0.4, 0.5) is 0 Å². The molecule has 0 spiro atoms. The minimum Gasteiger partial charge on any atom is -0.339 e. The van der Waals surface area contributed by atoms with Crippen molar-refractivity contribution in [1.82, 2.24) is 5.32 Å². The van der Waals surface area contributed by atoms with Gasteiger partial charge in [0.25, 0.3) is 0 Å². The summed E-state index contributed by atoms with van der Waals surface area (Å²) in [7, 11) is 0. The Morgan fingerprint density at radius 3 is 2.06 bits per heavy atom. The number of amides is 1. The molecule has 1 rings (SSSR count). The van der Waals surface area contributed by atoms with Crippen molar-refractivity contribution in [2.24, 2.45) is 11.3 Å². The second-order valence-electron chi connectivity index (χ2n) is 6.47. The van der Waals surface area contributed by atoms with E-state index in [4.69, 9.17) is 6.57 Å². The van der Waals surface area contributed by atoms with E-state index >= 15 is 0 Å². The highest BCUT2D eigenvalue weighted by Gasteiger charge is 2.59. The van der Waals surface area contributed by atoms with E-state index in [1.807, 2.05) is 34.6 Å². The molecule has 0 unspecified atom stereocenters. The summed E-state index contributed by atoms with van der Waals surface area (Å²) in [5.74, 6) is -0.388. The first-order chi connectivity index (χ1) is 8.14. The molecule has 0 aliphatic heterocycles. The van der Waals surface area contributed by atoms with Gasteiger partial charge in [-0.2, -0.15) is 0 Å². The van der Waals surface area contributed by atoms with Crippen molar-refractivity contribution in [3.8, 4) is 0 Å². The molecule has 0 aromatic heterocycles. The van der Waals surface area contributed by atoms with Gasteiger partial charge < -0.3 is 5.32 Å². The standard InChI is InChI=1S/C14H22N2O2/c1-9(2)10(17)11(13(3,4)5)16-12(18)14(15-6)7-8-14/h9,11H,7-8H2,1-5H3,(H,16,18)/t11-/m1/s1. The van der Waals surface area contributed by atoms with Gasteiger partial charge in [0.15, 0.2) is 5.78 Å². The average Bonchev–Trinajstić information content (AvgIpc) is 3.03. The van der Waals surface area contributed by atoms with Crippen molar-refractivity contribution < 1.29 is 9.59 Å². The predicted octanol–water partition coefficient (Wildman–Crippen LogP) is 2.19. The van der Waals surface area contributed by atoms with Gasteiger partial charge in [-0.3, -0.25) is 14.4 Å². The summed E-state index contributed by atoms with van der Waals surface area (Å²) < 4.78 is 0. The fourth-order valence-electron chi connectivity index (χ4n) is 1.82. The molecule has 1 atom stereocenters. The van der Waals surface area contributed by atoms with Gasteiger partial charge in [0, 0.05) is 18.8 Å². The fourth-order valence-corrected chi connectivity index (χ4v) is 1.82. The van der Waals surface area contributed by atoms with Crippen LogP contribution in [0.2, 0.25) is 0 Å². The summed E-state index contributed by atoms with van der Waals surface area (Å²) in [5.41, 5.74) is -1.23. The maximum Gasteiger partial charge on any atom is 0.309 e. The molecule has 18 heavy (non-hydrogen) atoms. The molecule has 1 saturated carbocycles. The van der Waals surface area contributed by atoms with E-state index in [0.717, 1.165) is 0 Å². The lowest BCUT2D eigenvalue weighted by molar-refractivity contribution is -0.132. The first-order valence-corrected chi connectivity index (χ1v) is 6.37. The number of Topliss-reactive ketones (excluding diaryl/α,β-unsaturated/α-hetero) is 1. The van der Waals surface area contributed by atoms with Gasteiger partial charge in [0.2, 0.25) is 0 Å². The van der Waals surface area contributed by atoms with Crippen molar-refractivity contribution in [1.29, 1.82) is 0 Å². The van der Waals surface area contributed by atoms with Crippen LogP contribution < -0.4 is 5.32 Å². The Balaban J connectivity index is 2.85. The lowest BCUT2D eigenvalue weighted by Gasteiger charge is -2.31. The van der Waals surface area contributed by atoms with E-state index in [0.29, 0.717) is 12.8 Å². The zero-order valence-electron chi connectivity index (χ0n) is 11.8. The van der Waals surface area contributed by atoms with Crippen molar-refractivity contribution >= 4 is 11.7 Å². The van der Waals surface area contributed by atoms with Crippen LogP contribution >= 0.6 is 0 Å². The summed E-state index contributed by atoms with van der Waals surface area (Å²) >= 11 is 0. The molecule has 4 nitrogen and oxygen atoms in total. The first-order valence-electron chi connectivity index (χ1n) is 6.37. The maximum absolute atomic E-state index is 12.2. The summed E-state index contributed by atoms with van der Waals surface area (Å²) in [6.07, 6.45) is 1.21. The highest BCUT2D eigenvalue weighted by atomic mass is 16.2. The molecule has 0 aromatic carbocycles. The van der Waals surface area contributed by atoms with Gasteiger partial charge in [0.1, 0.15) is 0 Å². The third-order valence-corrected chi connectivity index (χ3v) is 3.36. The van der Waals surface area contributed by atoms with Gasteiger partial charge in [0.05, 0.1) is 6.04 Å². The molecule has 1 N–H and O–H groups in total. The molecule has 0 bridgehead atoms.